The van der Waals surface area contributed by atoms with Crippen LogP contribution in [0.4, 0.5) is 5.69 Å². The van der Waals surface area contributed by atoms with Crippen LogP contribution in [0.15, 0.2) is 12.5 Å². The number of aromatic nitrogens is 3. The van der Waals surface area contributed by atoms with E-state index in [1.165, 1.54) is 24.0 Å². The van der Waals surface area contributed by atoms with Crippen LogP contribution in [0.5, 0.6) is 0 Å². The molecule has 1 aliphatic heterocycles. The van der Waals surface area contributed by atoms with Crippen LogP contribution >= 0.6 is 11.6 Å². The number of fused-ring (bicyclic) bond motifs is 1. The van der Waals surface area contributed by atoms with E-state index in [9.17, 15) is 15.3 Å². The number of halogens is 1. The molecule has 4 atom stereocenters. The van der Waals surface area contributed by atoms with Crippen LogP contribution in [0.1, 0.15) is 13.2 Å². The molecule has 0 saturated carbocycles. The highest BCUT2D eigenvalue weighted by Crippen LogP contribution is 2.42. The maximum absolute atomic E-state index is 10.5. The first kappa shape index (κ1) is 15.1. The molecular formula is C13H13ClN4O4. The van der Waals surface area contributed by atoms with Crippen molar-refractivity contribution in [2.24, 2.45) is 0 Å². The highest BCUT2D eigenvalue weighted by Gasteiger charge is 2.53. The zero-order valence-corrected chi connectivity index (χ0v) is 12.3. The fraction of sp³-hybridized carbons (Fsp3) is 0.462. The fourth-order valence-electron chi connectivity index (χ4n) is 2.68. The minimum Gasteiger partial charge on any atom is -0.394 e. The predicted molar refractivity (Wildman–Crippen MR) is 76.4 cm³/mol. The molecule has 9 heteroatoms. The van der Waals surface area contributed by atoms with Crippen LogP contribution in [-0.4, -0.2) is 54.3 Å². The normalized spacial score (nSPS) is 31.5. The fourth-order valence-corrected chi connectivity index (χ4v) is 2.91. The summed E-state index contributed by atoms with van der Waals surface area (Å²) in [6.07, 6.45) is -0.578. The van der Waals surface area contributed by atoms with E-state index >= 15 is 0 Å². The third kappa shape index (κ3) is 1.99. The SMILES string of the molecule is [C-]#[N+]c1cn([C@@H]2O[C@H](CO)[C@@H](O)[C@@]2(C)O)c2ncnc(Cl)c12. The van der Waals surface area contributed by atoms with Gasteiger partial charge >= 0.3 is 0 Å². The van der Waals surface area contributed by atoms with E-state index in [1.807, 2.05) is 0 Å². The van der Waals surface area contributed by atoms with Gasteiger partial charge in [0.2, 0.25) is 5.69 Å². The molecule has 2 aromatic heterocycles. The van der Waals surface area contributed by atoms with Gasteiger partial charge < -0.3 is 24.6 Å². The van der Waals surface area contributed by atoms with Gasteiger partial charge in [-0.25, -0.2) is 14.8 Å². The summed E-state index contributed by atoms with van der Waals surface area (Å²) < 4.78 is 6.96. The molecule has 0 aromatic carbocycles. The third-order valence-electron chi connectivity index (χ3n) is 3.85. The maximum atomic E-state index is 10.5. The number of hydrogen-bond donors (Lipinski definition) is 3. The molecule has 8 nitrogen and oxygen atoms in total. The number of rotatable bonds is 2. The lowest BCUT2D eigenvalue weighted by Gasteiger charge is -2.27. The zero-order valence-electron chi connectivity index (χ0n) is 11.5. The Labute approximate surface area is 130 Å². The second-order valence-corrected chi connectivity index (χ2v) is 5.63. The molecule has 3 rings (SSSR count). The molecule has 0 aliphatic carbocycles. The van der Waals surface area contributed by atoms with Gasteiger partial charge in [-0.3, -0.25) is 0 Å². The summed E-state index contributed by atoms with van der Waals surface area (Å²) in [5, 5.41) is 30.3. The van der Waals surface area contributed by atoms with Gasteiger partial charge in [0.1, 0.15) is 34.9 Å². The first-order valence-corrected chi connectivity index (χ1v) is 6.84. The molecule has 1 aliphatic rings. The average Bonchev–Trinajstić information content (AvgIpc) is 2.97. The third-order valence-corrected chi connectivity index (χ3v) is 4.14. The van der Waals surface area contributed by atoms with Gasteiger partial charge in [0, 0.05) is 6.20 Å². The number of nitrogens with zero attached hydrogens (tertiary/aromatic N) is 4. The molecular weight excluding hydrogens is 312 g/mol. The summed E-state index contributed by atoms with van der Waals surface area (Å²) in [6, 6.07) is 0. The van der Waals surface area contributed by atoms with Gasteiger partial charge in [-0.2, -0.15) is 0 Å². The summed E-state index contributed by atoms with van der Waals surface area (Å²) in [4.78, 5) is 11.3. The summed E-state index contributed by atoms with van der Waals surface area (Å²) in [5.41, 5.74) is -1.15. The molecule has 1 fully saturated rings. The molecule has 2 aromatic rings. The molecule has 0 bridgehead atoms. The largest absolute Gasteiger partial charge is 0.394 e. The maximum Gasteiger partial charge on any atom is 0.216 e. The van der Waals surface area contributed by atoms with Crippen LogP contribution in [0.2, 0.25) is 5.15 Å². The Morgan fingerprint density at radius 3 is 2.86 bits per heavy atom. The van der Waals surface area contributed by atoms with E-state index in [-0.39, 0.29) is 10.8 Å². The van der Waals surface area contributed by atoms with Crippen molar-refractivity contribution in [3.05, 3.63) is 29.1 Å². The summed E-state index contributed by atoms with van der Waals surface area (Å²) in [7, 11) is 0. The van der Waals surface area contributed by atoms with Gasteiger partial charge in [-0.05, 0) is 6.92 Å². The van der Waals surface area contributed by atoms with Crippen molar-refractivity contribution in [1.29, 1.82) is 0 Å². The van der Waals surface area contributed by atoms with Crippen LogP contribution in [0.3, 0.4) is 0 Å². The van der Waals surface area contributed by atoms with E-state index < -0.39 is 30.6 Å². The molecule has 22 heavy (non-hydrogen) atoms. The van der Waals surface area contributed by atoms with Crippen molar-refractivity contribution in [3.8, 4) is 0 Å². The minimum absolute atomic E-state index is 0.117. The van der Waals surface area contributed by atoms with Crippen LogP contribution in [0, 0.1) is 6.57 Å². The topological polar surface area (TPSA) is 105 Å². The van der Waals surface area contributed by atoms with Crippen LogP contribution in [-0.2, 0) is 4.74 Å². The number of aliphatic hydroxyl groups is 3. The summed E-state index contributed by atoms with van der Waals surface area (Å²) >= 11 is 6.02. The second-order valence-electron chi connectivity index (χ2n) is 5.28. The van der Waals surface area contributed by atoms with E-state index in [2.05, 4.69) is 14.8 Å². The Morgan fingerprint density at radius 1 is 1.55 bits per heavy atom. The predicted octanol–water partition coefficient (Wildman–Crippen LogP) is 0.637. The number of aliphatic hydroxyl groups excluding tert-OH is 2. The summed E-state index contributed by atoms with van der Waals surface area (Å²) in [6.45, 7) is 8.17. The molecule has 0 amide bonds. The highest BCUT2D eigenvalue weighted by molar-refractivity contribution is 6.35. The van der Waals surface area contributed by atoms with Crippen molar-refractivity contribution in [2.75, 3.05) is 6.61 Å². The van der Waals surface area contributed by atoms with Crippen molar-refractivity contribution in [3.63, 3.8) is 0 Å². The standard InChI is InChI=1S/C13H13ClN4O4/c1-13(21)9(20)7(4-19)22-12(13)18-3-6(15-2)8-10(14)16-5-17-11(8)18/h3,5,7,9,12,19-21H,4H2,1H3/t7-,9-,12-,13-/m1/s1. The lowest BCUT2D eigenvalue weighted by Crippen LogP contribution is -2.44. The lowest BCUT2D eigenvalue weighted by molar-refractivity contribution is -0.0947. The lowest BCUT2D eigenvalue weighted by atomic mass is 9.96. The van der Waals surface area contributed by atoms with Gasteiger partial charge in [0.15, 0.2) is 6.23 Å². The average molecular weight is 325 g/mol. The number of hydrogen-bond acceptors (Lipinski definition) is 6. The van der Waals surface area contributed by atoms with Crippen LogP contribution < -0.4 is 0 Å². The summed E-state index contributed by atoms with van der Waals surface area (Å²) in [5.74, 6) is 0. The number of ether oxygens (including phenoxy) is 1. The molecule has 3 heterocycles. The monoisotopic (exact) mass is 324 g/mol. The van der Waals surface area contributed by atoms with Crippen molar-refractivity contribution in [1.82, 2.24) is 14.5 Å². The van der Waals surface area contributed by atoms with Gasteiger partial charge in [-0.15, -0.1) is 0 Å². The molecule has 0 radical (unpaired) electrons. The molecule has 1 saturated heterocycles. The highest BCUT2D eigenvalue weighted by atomic mass is 35.5. The minimum atomic E-state index is -1.67. The van der Waals surface area contributed by atoms with E-state index in [4.69, 9.17) is 22.9 Å². The Bertz CT molecular complexity index is 769. The smallest absolute Gasteiger partial charge is 0.216 e. The second kappa shape index (κ2) is 5.15. The Balaban J connectivity index is 2.20. The first-order valence-electron chi connectivity index (χ1n) is 6.47. The van der Waals surface area contributed by atoms with Crippen molar-refractivity contribution in [2.45, 2.75) is 31.0 Å². The first-order chi connectivity index (χ1) is 10.4. The Kier molecular flexibility index (Phi) is 3.55. The van der Waals surface area contributed by atoms with Crippen molar-refractivity contribution >= 4 is 28.3 Å². The zero-order chi connectivity index (χ0) is 16.1. The molecule has 0 spiro atoms. The quantitative estimate of drug-likeness (QED) is 0.553. The van der Waals surface area contributed by atoms with E-state index in [0.29, 0.717) is 11.0 Å². The van der Waals surface area contributed by atoms with E-state index in [0.717, 1.165) is 0 Å². The molecule has 116 valence electrons. The van der Waals surface area contributed by atoms with Gasteiger partial charge in [-0.1, -0.05) is 11.6 Å². The molecule has 0 unspecified atom stereocenters. The van der Waals surface area contributed by atoms with Gasteiger partial charge in [0.05, 0.1) is 18.6 Å². The Morgan fingerprint density at radius 2 is 2.27 bits per heavy atom. The van der Waals surface area contributed by atoms with Crippen LogP contribution in [0.25, 0.3) is 15.9 Å². The molecule has 3 N–H and O–H groups in total. The van der Waals surface area contributed by atoms with E-state index in [1.54, 1.807) is 0 Å². The Hall–Kier alpha value is -1.76. The van der Waals surface area contributed by atoms with Gasteiger partial charge in [0.25, 0.3) is 0 Å². The van der Waals surface area contributed by atoms with Crippen molar-refractivity contribution < 1.29 is 20.1 Å².